The molecule has 1 amide bonds. The number of amides is 1. The number of ether oxygens (including phenoxy) is 1. The van der Waals surface area contributed by atoms with E-state index in [1.54, 1.807) is 12.1 Å². The van der Waals surface area contributed by atoms with Gasteiger partial charge in [-0.25, -0.2) is 4.39 Å². The Bertz CT molecular complexity index is 1380. The first kappa shape index (κ1) is 28.2. The predicted octanol–water partition coefficient (Wildman–Crippen LogP) is 4.26. The second-order valence-electron chi connectivity index (χ2n) is 8.53. The van der Waals surface area contributed by atoms with Gasteiger partial charge in [0.15, 0.2) is 0 Å². The van der Waals surface area contributed by atoms with Gasteiger partial charge in [-0.2, -0.15) is 5.26 Å². The van der Waals surface area contributed by atoms with Crippen LogP contribution in [-0.2, 0) is 15.0 Å². The van der Waals surface area contributed by atoms with E-state index in [-0.39, 0.29) is 46.2 Å². The van der Waals surface area contributed by atoms with Crippen molar-refractivity contribution in [2.24, 2.45) is 0 Å². The lowest BCUT2D eigenvalue weighted by Crippen LogP contribution is -2.22. The van der Waals surface area contributed by atoms with Crippen LogP contribution in [0.25, 0.3) is 10.9 Å². The molecule has 3 aromatic rings. The third kappa shape index (κ3) is 6.99. The van der Waals surface area contributed by atoms with Gasteiger partial charge in [0.2, 0.25) is 5.91 Å². The van der Waals surface area contributed by atoms with Gasteiger partial charge in [-0.15, -0.1) is 0 Å². The van der Waals surface area contributed by atoms with Crippen LogP contribution in [-0.4, -0.2) is 56.0 Å². The molecule has 9 nitrogen and oxygen atoms in total. The second kappa shape index (κ2) is 12.8. The summed E-state index contributed by atoms with van der Waals surface area (Å²) >= 11 is 5.92. The van der Waals surface area contributed by atoms with Gasteiger partial charge in [0.25, 0.3) is 0 Å². The molecule has 0 radical (unpaired) electrons. The molecule has 2 aromatic carbocycles. The number of fused-ring (bicyclic) bond motifs is 1. The molecule has 4 N–H and O–H groups in total. The molecule has 2 heterocycles. The first-order valence-corrected chi connectivity index (χ1v) is 14.7. The van der Waals surface area contributed by atoms with Crippen molar-refractivity contribution in [2.45, 2.75) is 30.6 Å². The summed E-state index contributed by atoms with van der Waals surface area (Å²) < 4.78 is 31.0. The van der Waals surface area contributed by atoms with Crippen LogP contribution in [0.4, 0.5) is 21.5 Å². The van der Waals surface area contributed by atoms with Gasteiger partial charge in [-0.3, -0.25) is 9.78 Å². The van der Waals surface area contributed by atoms with Crippen molar-refractivity contribution < 1.29 is 28.7 Å². The number of nitrogens with zero attached hydrogens (tertiary/aromatic N) is 2. The van der Waals surface area contributed by atoms with Crippen LogP contribution in [0.2, 0.25) is 5.02 Å². The monoisotopic (exact) mass is 578 g/mol. The Kier molecular flexibility index (Phi) is 9.54. The van der Waals surface area contributed by atoms with Crippen molar-refractivity contribution in [2.75, 3.05) is 29.6 Å². The Morgan fingerprint density at radius 3 is 2.92 bits per heavy atom. The van der Waals surface area contributed by atoms with Crippen LogP contribution >= 0.6 is 22.4 Å². The van der Waals surface area contributed by atoms with E-state index in [2.05, 4.69) is 21.7 Å². The van der Waals surface area contributed by atoms with E-state index in [1.807, 2.05) is 0 Å². The lowest BCUT2D eigenvalue weighted by molar-refractivity contribution is -0.116. The van der Waals surface area contributed by atoms with Gasteiger partial charge in [0, 0.05) is 46.4 Å². The highest BCUT2D eigenvalue weighted by Gasteiger charge is 2.29. The minimum Gasteiger partial charge on any atom is -0.605 e. The Labute approximate surface area is 229 Å². The molecule has 13 heteroatoms. The molecule has 0 saturated carbocycles. The van der Waals surface area contributed by atoms with Gasteiger partial charge in [0.05, 0.1) is 50.1 Å². The maximum Gasteiger partial charge on any atom is 0.224 e. The zero-order valence-electron chi connectivity index (χ0n) is 19.9. The molecule has 1 fully saturated rings. The van der Waals surface area contributed by atoms with Crippen LogP contribution in [0, 0.1) is 17.1 Å². The van der Waals surface area contributed by atoms with Crippen molar-refractivity contribution in [1.29, 1.82) is 5.26 Å². The van der Waals surface area contributed by atoms with Crippen LogP contribution in [0.3, 0.4) is 0 Å². The normalized spacial score (nSPS) is 17.7. The maximum atomic E-state index is 13.7. The van der Waals surface area contributed by atoms with E-state index in [0.29, 0.717) is 34.5 Å². The molecule has 4 rings (SSSR count). The number of pyridine rings is 1. The molecular weight excluding hydrogens is 555 g/mol. The van der Waals surface area contributed by atoms with E-state index in [9.17, 15) is 24.1 Å². The van der Waals surface area contributed by atoms with Gasteiger partial charge >= 0.3 is 0 Å². The second-order valence-corrected chi connectivity index (χ2v) is 12.5. The average molecular weight is 579 g/mol. The molecular formula is C25H24ClFN4O5S2. The van der Waals surface area contributed by atoms with Crippen molar-refractivity contribution in [3.05, 3.63) is 52.9 Å². The zero-order chi connectivity index (χ0) is 27.2. The fourth-order valence-corrected chi connectivity index (χ4v) is 7.49. The predicted molar refractivity (Wildman–Crippen MR) is 147 cm³/mol. The van der Waals surface area contributed by atoms with Crippen molar-refractivity contribution in [1.82, 2.24) is 4.98 Å². The highest BCUT2D eigenvalue weighted by Crippen LogP contribution is 2.37. The Morgan fingerprint density at radius 2 is 2.24 bits per heavy atom. The van der Waals surface area contributed by atoms with Gasteiger partial charge in [-0.05, 0) is 30.7 Å². The van der Waals surface area contributed by atoms with Crippen molar-refractivity contribution >= 4 is 66.5 Å². The quantitative estimate of drug-likeness (QED) is 0.204. The standard InChI is InChI=1S/C25H24ClFN4O5S2/c26-19-7-15(1-3-20(19)27)30-25-14(10-28)11-29-21-9-23(36-13-16(33)12-32)22(8-18(21)25)31-24(34)4-2-17-5-6-38(35)37-17/h1,3,7-9,11,16-17,32-33H,2,4-6,12-13H2,(H,29,30)(H,31,34). The Balaban J connectivity index is 1.68. The summed E-state index contributed by atoms with van der Waals surface area (Å²) in [5, 5.41) is 35.1. The van der Waals surface area contributed by atoms with Crippen molar-refractivity contribution in [3.63, 3.8) is 0 Å². The number of hydrogen-bond donors (Lipinski definition) is 4. The molecule has 0 spiro atoms. The average Bonchev–Trinajstić information content (AvgIpc) is 3.33. The first-order valence-electron chi connectivity index (χ1n) is 11.6. The molecule has 1 aliphatic rings. The lowest BCUT2D eigenvalue weighted by Gasteiger charge is -2.18. The SMILES string of the molecule is N#Cc1cnc2cc(OCC(O)CO)c(NC(=O)CCC3CC[S+]([O-])S3)cc2c1Nc1ccc(F)c(Cl)c1. The molecule has 1 aliphatic heterocycles. The Morgan fingerprint density at radius 1 is 1.42 bits per heavy atom. The number of aromatic nitrogens is 1. The topological polar surface area (TPSA) is 151 Å². The van der Waals surface area contributed by atoms with E-state index < -0.39 is 28.7 Å². The number of nitrogens with one attached hydrogen (secondary N) is 2. The van der Waals surface area contributed by atoms with Crippen LogP contribution in [0.1, 0.15) is 24.8 Å². The van der Waals surface area contributed by atoms with Crippen molar-refractivity contribution in [3.8, 4) is 11.8 Å². The van der Waals surface area contributed by atoms with Crippen LogP contribution in [0.15, 0.2) is 36.5 Å². The van der Waals surface area contributed by atoms with Gasteiger partial charge < -0.3 is 30.1 Å². The summed E-state index contributed by atoms with van der Waals surface area (Å²) in [5.74, 6) is -0.0470. The molecule has 38 heavy (non-hydrogen) atoms. The number of halogens is 2. The van der Waals surface area contributed by atoms with Gasteiger partial charge in [0.1, 0.15) is 36.1 Å². The van der Waals surface area contributed by atoms with Crippen LogP contribution in [0.5, 0.6) is 5.75 Å². The summed E-state index contributed by atoms with van der Waals surface area (Å²) in [6.45, 7) is -0.737. The minimum absolute atomic E-state index is 0.0952. The summed E-state index contributed by atoms with van der Waals surface area (Å²) in [5.41, 5.74) is 1.68. The highest BCUT2D eigenvalue weighted by atomic mass is 35.5. The van der Waals surface area contributed by atoms with E-state index >= 15 is 0 Å². The lowest BCUT2D eigenvalue weighted by atomic mass is 10.1. The Hall–Kier alpha value is -2.79. The summed E-state index contributed by atoms with van der Waals surface area (Å²) in [6, 6.07) is 9.27. The first-order chi connectivity index (χ1) is 18.3. The van der Waals surface area contributed by atoms with E-state index in [1.165, 1.54) is 35.2 Å². The smallest absolute Gasteiger partial charge is 0.224 e. The molecule has 0 bridgehead atoms. The minimum atomic E-state index is -1.14. The number of rotatable bonds is 10. The summed E-state index contributed by atoms with van der Waals surface area (Å²) in [7, 11) is 0.470. The molecule has 0 aliphatic carbocycles. The third-order valence-corrected chi connectivity index (χ3v) is 9.52. The molecule has 3 atom stereocenters. The number of hydrogen-bond acceptors (Lipinski definition) is 9. The third-order valence-electron chi connectivity index (χ3n) is 5.74. The van der Waals surface area contributed by atoms with E-state index in [4.69, 9.17) is 21.4 Å². The fraction of sp³-hybridized carbons (Fsp3) is 0.320. The fourth-order valence-electron chi connectivity index (χ4n) is 3.79. The zero-order valence-corrected chi connectivity index (χ0v) is 22.3. The molecule has 1 aromatic heterocycles. The van der Waals surface area contributed by atoms with Crippen LogP contribution < -0.4 is 15.4 Å². The summed E-state index contributed by atoms with van der Waals surface area (Å²) in [6.07, 6.45) is 1.78. The number of carbonyl (C=O) groups excluding carboxylic acids is 1. The highest BCUT2D eigenvalue weighted by molar-refractivity contribution is 8.72. The number of nitriles is 1. The van der Waals surface area contributed by atoms with Gasteiger partial charge in [-0.1, -0.05) is 11.6 Å². The molecule has 200 valence electrons. The maximum absolute atomic E-state index is 13.7. The number of aliphatic hydroxyl groups excluding tert-OH is 2. The number of benzene rings is 2. The summed E-state index contributed by atoms with van der Waals surface area (Å²) in [4.78, 5) is 17.2. The van der Waals surface area contributed by atoms with E-state index in [0.717, 1.165) is 6.42 Å². The molecule has 3 unspecified atom stereocenters. The molecule has 1 saturated heterocycles. The largest absolute Gasteiger partial charge is 0.605 e. The number of carbonyl (C=O) groups is 1. The number of anilines is 3. The number of aliphatic hydroxyl groups is 2.